The van der Waals surface area contributed by atoms with Crippen LogP contribution in [0.25, 0.3) is 0 Å². The lowest BCUT2D eigenvalue weighted by Gasteiger charge is -2.01. The number of carbonyl (C=O) groups is 1. The second kappa shape index (κ2) is 4.26. The van der Waals surface area contributed by atoms with Crippen LogP contribution in [0, 0.1) is 11.6 Å². The van der Waals surface area contributed by atoms with Crippen molar-refractivity contribution < 1.29 is 13.6 Å². The Morgan fingerprint density at radius 3 is 2.69 bits per heavy atom. The van der Waals surface area contributed by atoms with E-state index in [1.54, 1.807) is 18.3 Å². The van der Waals surface area contributed by atoms with E-state index in [0.717, 1.165) is 12.1 Å². The Morgan fingerprint density at radius 1 is 1.25 bits per heavy atom. The lowest BCUT2D eigenvalue weighted by Crippen LogP contribution is -2.06. The van der Waals surface area contributed by atoms with Crippen molar-refractivity contribution in [3.8, 4) is 0 Å². The predicted molar refractivity (Wildman–Crippen MR) is 55.2 cm³/mol. The van der Waals surface area contributed by atoms with Crippen molar-refractivity contribution in [3.63, 3.8) is 0 Å². The van der Waals surface area contributed by atoms with Crippen LogP contribution in [0.4, 0.5) is 8.78 Å². The molecule has 0 saturated carbocycles. The van der Waals surface area contributed by atoms with Crippen molar-refractivity contribution in [3.05, 3.63) is 59.4 Å². The molecule has 0 aliphatic heterocycles. The van der Waals surface area contributed by atoms with Gasteiger partial charge in [-0.05, 0) is 24.3 Å². The van der Waals surface area contributed by atoms with Gasteiger partial charge in [0.05, 0.1) is 12.0 Å². The fourth-order valence-electron chi connectivity index (χ4n) is 1.46. The molecule has 2 nitrogen and oxygen atoms in total. The zero-order valence-electron chi connectivity index (χ0n) is 8.34. The summed E-state index contributed by atoms with van der Waals surface area (Å²) in [7, 11) is 0. The molecule has 1 aromatic heterocycles. The largest absolute Gasteiger partial charge is 0.365 e. The van der Waals surface area contributed by atoms with Gasteiger partial charge >= 0.3 is 0 Å². The molecule has 2 aromatic rings. The number of hydrogen-bond acceptors (Lipinski definition) is 1. The standard InChI is InChI=1S/C12H9F2NO/c13-8-3-4-10(11(14)6-8)12(16)7-9-2-1-5-15-9/h1-6,15H,7H2. The van der Waals surface area contributed by atoms with Crippen LogP contribution in [-0.2, 0) is 6.42 Å². The maximum absolute atomic E-state index is 13.3. The summed E-state index contributed by atoms with van der Waals surface area (Å²) in [6.45, 7) is 0. The third-order valence-corrected chi connectivity index (χ3v) is 2.24. The number of ketones is 1. The van der Waals surface area contributed by atoms with Gasteiger partial charge in [-0.15, -0.1) is 0 Å². The van der Waals surface area contributed by atoms with Gasteiger partial charge in [0.2, 0.25) is 0 Å². The fraction of sp³-hybridized carbons (Fsp3) is 0.0833. The van der Waals surface area contributed by atoms with E-state index in [9.17, 15) is 13.6 Å². The molecular weight excluding hydrogens is 212 g/mol. The Morgan fingerprint density at radius 2 is 2.06 bits per heavy atom. The summed E-state index contributed by atoms with van der Waals surface area (Å²) in [5.41, 5.74) is 0.615. The molecule has 1 N–H and O–H groups in total. The first-order valence-corrected chi connectivity index (χ1v) is 4.77. The van der Waals surface area contributed by atoms with Gasteiger partial charge in [-0.2, -0.15) is 0 Å². The molecule has 16 heavy (non-hydrogen) atoms. The molecule has 0 amide bonds. The van der Waals surface area contributed by atoms with Crippen molar-refractivity contribution in [2.75, 3.05) is 0 Å². The molecule has 0 unspecified atom stereocenters. The van der Waals surface area contributed by atoms with E-state index in [-0.39, 0.29) is 17.8 Å². The number of hydrogen-bond donors (Lipinski definition) is 1. The number of aromatic nitrogens is 1. The molecular formula is C12H9F2NO. The first-order valence-electron chi connectivity index (χ1n) is 4.77. The minimum absolute atomic E-state index is 0.0789. The van der Waals surface area contributed by atoms with Gasteiger partial charge in [-0.1, -0.05) is 0 Å². The fourth-order valence-corrected chi connectivity index (χ4v) is 1.46. The quantitative estimate of drug-likeness (QED) is 0.794. The predicted octanol–water partition coefficient (Wildman–Crippen LogP) is 2.72. The Hall–Kier alpha value is -1.97. The van der Waals surface area contributed by atoms with Gasteiger partial charge in [-0.3, -0.25) is 4.79 Å². The second-order valence-corrected chi connectivity index (χ2v) is 3.42. The smallest absolute Gasteiger partial charge is 0.171 e. The Labute approximate surface area is 90.9 Å². The van der Waals surface area contributed by atoms with E-state index >= 15 is 0 Å². The van der Waals surface area contributed by atoms with Crippen molar-refractivity contribution in [2.45, 2.75) is 6.42 Å². The van der Waals surface area contributed by atoms with Gasteiger partial charge in [0.15, 0.2) is 5.78 Å². The Bertz CT molecular complexity index is 506. The average Bonchev–Trinajstić information content (AvgIpc) is 2.70. The summed E-state index contributed by atoms with van der Waals surface area (Å²) in [4.78, 5) is 14.5. The van der Waals surface area contributed by atoms with Gasteiger partial charge < -0.3 is 4.98 Å². The van der Waals surface area contributed by atoms with Crippen molar-refractivity contribution in [1.29, 1.82) is 0 Å². The van der Waals surface area contributed by atoms with Crippen molar-refractivity contribution >= 4 is 5.78 Å². The number of benzene rings is 1. The SMILES string of the molecule is O=C(Cc1ccc[nH]1)c1ccc(F)cc1F. The van der Waals surface area contributed by atoms with E-state index in [1.807, 2.05) is 0 Å². The van der Waals surface area contributed by atoms with E-state index in [0.29, 0.717) is 11.8 Å². The van der Waals surface area contributed by atoms with Gasteiger partial charge in [0, 0.05) is 18.0 Å². The van der Waals surface area contributed by atoms with E-state index in [1.165, 1.54) is 0 Å². The van der Waals surface area contributed by atoms with Gasteiger partial charge in [0.1, 0.15) is 11.6 Å². The Kier molecular flexibility index (Phi) is 2.81. The van der Waals surface area contributed by atoms with E-state index < -0.39 is 11.6 Å². The zero-order valence-corrected chi connectivity index (χ0v) is 8.34. The highest BCUT2D eigenvalue weighted by Gasteiger charge is 2.13. The third-order valence-electron chi connectivity index (χ3n) is 2.24. The number of aromatic amines is 1. The first kappa shape index (κ1) is 10.5. The van der Waals surface area contributed by atoms with Crippen LogP contribution in [-0.4, -0.2) is 10.8 Å². The molecule has 82 valence electrons. The van der Waals surface area contributed by atoms with Crippen LogP contribution in [0.1, 0.15) is 16.1 Å². The van der Waals surface area contributed by atoms with Crippen LogP contribution in [0.3, 0.4) is 0 Å². The number of H-pyrrole nitrogens is 1. The summed E-state index contributed by atoms with van der Waals surface area (Å²) in [6.07, 6.45) is 1.76. The molecule has 2 rings (SSSR count). The number of halogens is 2. The summed E-state index contributed by atoms with van der Waals surface area (Å²) in [5, 5.41) is 0. The number of rotatable bonds is 3. The lowest BCUT2D eigenvalue weighted by atomic mass is 10.1. The molecule has 4 heteroatoms. The van der Waals surface area contributed by atoms with Crippen LogP contribution in [0.5, 0.6) is 0 Å². The normalized spacial score (nSPS) is 10.4. The van der Waals surface area contributed by atoms with Crippen LogP contribution in [0.15, 0.2) is 36.5 Å². The minimum Gasteiger partial charge on any atom is -0.365 e. The number of carbonyl (C=O) groups excluding carboxylic acids is 1. The van der Waals surface area contributed by atoms with Gasteiger partial charge in [-0.25, -0.2) is 8.78 Å². The van der Waals surface area contributed by atoms with Crippen LogP contribution >= 0.6 is 0 Å². The second-order valence-electron chi connectivity index (χ2n) is 3.42. The van der Waals surface area contributed by atoms with Crippen molar-refractivity contribution in [1.82, 2.24) is 4.98 Å². The molecule has 0 aliphatic rings. The van der Waals surface area contributed by atoms with E-state index in [4.69, 9.17) is 0 Å². The van der Waals surface area contributed by atoms with E-state index in [2.05, 4.69) is 4.98 Å². The van der Waals surface area contributed by atoms with Crippen LogP contribution in [0.2, 0.25) is 0 Å². The van der Waals surface area contributed by atoms with Crippen LogP contribution < -0.4 is 0 Å². The zero-order chi connectivity index (χ0) is 11.5. The molecule has 1 heterocycles. The minimum atomic E-state index is -0.823. The number of Topliss-reactive ketones (excluding diaryl/α,β-unsaturated/α-hetero) is 1. The summed E-state index contributed by atoms with van der Waals surface area (Å²) < 4.78 is 25.9. The third kappa shape index (κ3) is 2.16. The number of nitrogens with one attached hydrogen (secondary N) is 1. The maximum Gasteiger partial charge on any atom is 0.171 e. The molecule has 1 aromatic carbocycles. The summed E-state index contributed by atoms with van der Waals surface area (Å²) in [5.74, 6) is -1.88. The lowest BCUT2D eigenvalue weighted by molar-refractivity contribution is 0.0988. The highest BCUT2D eigenvalue weighted by Crippen LogP contribution is 2.12. The van der Waals surface area contributed by atoms with Crippen molar-refractivity contribution in [2.24, 2.45) is 0 Å². The Balaban J connectivity index is 2.21. The first-order chi connectivity index (χ1) is 7.66. The highest BCUT2D eigenvalue weighted by molar-refractivity contribution is 5.97. The highest BCUT2D eigenvalue weighted by atomic mass is 19.1. The average molecular weight is 221 g/mol. The van der Waals surface area contributed by atoms with Gasteiger partial charge in [0.25, 0.3) is 0 Å². The molecule has 0 bridgehead atoms. The monoisotopic (exact) mass is 221 g/mol. The molecule has 0 fully saturated rings. The molecule has 0 radical (unpaired) electrons. The molecule has 0 atom stereocenters. The molecule has 0 aliphatic carbocycles. The topological polar surface area (TPSA) is 32.9 Å². The maximum atomic E-state index is 13.3. The molecule has 0 spiro atoms. The molecule has 0 saturated heterocycles. The summed E-state index contributed by atoms with van der Waals surface area (Å²) in [6, 6.07) is 6.44. The summed E-state index contributed by atoms with van der Waals surface area (Å²) >= 11 is 0.